The van der Waals surface area contributed by atoms with Gasteiger partial charge in [-0.15, -0.1) is 0 Å². The summed E-state index contributed by atoms with van der Waals surface area (Å²) in [5.41, 5.74) is 7.29. The van der Waals surface area contributed by atoms with Crippen LogP contribution >= 0.6 is 0 Å². The second-order valence-electron chi connectivity index (χ2n) is 3.58. The molecule has 0 aliphatic heterocycles. The van der Waals surface area contributed by atoms with Gasteiger partial charge in [0.2, 0.25) is 0 Å². The van der Waals surface area contributed by atoms with E-state index in [-0.39, 0.29) is 18.9 Å². The highest BCUT2D eigenvalue weighted by atomic mass is 16.5. The van der Waals surface area contributed by atoms with Gasteiger partial charge in [-0.25, -0.2) is 0 Å². The van der Waals surface area contributed by atoms with Crippen LogP contribution in [0, 0.1) is 11.3 Å². The number of hydrogen-bond donors (Lipinski definition) is 1. The van der Waals surface area contributed by atoms with Crippen molar-refractivity contribution in [3.05, 3.63) is 28.8 Å². The van der Waals surface area contributed by atoms with Crippen molar-refractivity contribution in [3.8, 4) is 11.8 Å². The van der Waals surface area contributed by atoms with Gasteiger partial charge in [0.25, 0.3) is 0 Å². The van der Waals surface area contributed by atoms with Gasteiger partial charge in [-0.05, 0) is 24.1 Å². The third kappa shape index (κ3) is 2.99. The monoisotopic (exact) mass is 248 g/mol. The van der Waals surface area contributed by atoms with E-state index in [4.69, 9.17) is 15.2 Å². The highest BCUT2D eigenvalue weighted by Gasteiger charge is 2.16. The van der Waals surface area contributed by atoms with Crippen LogP contribution < -0.4 is 10.5 Å². The number of nitrogens with two attached hydrogens (primary N) is 1. The zero-order valence-corrected chi connectivity index (χ0v) is 10.5. The lowest BCUT2D eigenvalue weighted by Crippen LogP contribution is -2.13. The fraction of sp³-hybridized carbons (Fsp3) is 0.385. The third-order valence-corrected chi connectivity index (χ3v) is 2.55. The number of methoxy groups -OCH3 is 1. The van der Waals surface area contributed by atoms with Crippen LogP contribution in [0.3, 0.4) is 0 Å². The molecule has 0 saturated heterocycles. The summed E-state index contributed by atoms with van der Waals surface area (Å²) < 4.78 is 9.99. The number of hydrogen-bond acceptors (Lipinski definition) is 5. The molecule has 0 atom stereocenters. The molecule has 0 aromatic heterocycles. The van der Waals surface area contributed by atoms with Crippen molar-refractivity contribution in [2.24, 2.45) is 5.73 Å². The first-order valence-electron chi connectivity index (χ1n) is 5.62. The average Bonchev–Trinajstić information content (AvgIpc) is 2.38. The Morgan fingerprint density at radius 3 is 2.72 bits per heavy atom. The molecule has 0 spiro atoms. The molecule has 0 aliphatic rings. The lowest BCUT2D eigenvalue weighted by atomic mass is 9.98. The van der Waals surface area contributed by atoms with Gasteiger partial charge in [0, 0.05) is 6.54 Å². The minimum Gasteiger partial charge on any atom is -0.495 e. The van der Waals surface area contributed by atoms with E-state index in [1.54, 1.807) is 19.1 Å². The van der Waals surface area contributed by atoms with E-state index in [0.29, 0.717) is 23.5 Å². The minimum atomic E-state index is -0.378. The molecule has 0 radical (unpaired) electrons. The molecular weight excluding hydrogens is 232 g/mol. The molecule has 1 aromatic carbocycles. The number of ether oxygens (including phenoxy) is 2. The zero-order valence-electron chi connectivity index (χ0n) is 10.5. The van der Waals surface area contributed by atoms with Gasteiger partial charge < -0.3 is 15.2 Å². The maximum absolute atomic E-state index is 11.5. The van der Waals surface area contributed by atoms with Crippen molar-refractivity contribution < 1.29 is 14.3 Å². The molecule has 96 valence electrons. The molecule has 18 heavy (non-hydrogen) atoms. The van der Waals surface area contributed by atoms with Crippen molar-refractivity contribution in [2.45, 2.75) is 19.9 Å². The van der Waals surface area contributed by atoms with Crippen molar-refractivity contribution in [1.82, 2.24) is 0 Å². The molecule has 0 bridgehead atoms. The quantitative estimate of drug-likeness (QED) is 0.789. The van der Waals surface area contributed by atoms with Crippen LogP contribution in [0.1, 0.15) is 23.6 Å². The van der Waals surface area contributed by atoms with Gasteiger partial charge in [-0.2, -0.15) is 5.26 Å². The number of rotatable bonds is 5. The van der Waals surface area contributed by atoms with Gasteiger partial charge in [-0.3, -0.25) is 4.79 Å². The van der Waals surface area contributed by atoms with Crippen LogP contribution in [0.2, 0.25) is 0 Å². The van der Waals surface area contributed by atoms with Gasteiger partial charge in [0.1, 0.15) is 11.8 Å². The molecule has 1 rings (SSSR count). The Bertz CT molecular complexity index is 478. The van der Waals surface area contributed by atoms with Crippen LogP contribution in [-0.2, 0) is 22.5 Å². The SMILES string of the molecule is CCOC(=O)Cc1c(CN)ccc(OC)c1C#N. The normalized spacial score (nSPS) is 9.67. The predicted molar refractivity (Wildman–Crippen MR) is 65.9 cm³/mol. The maximum atomic E-state index is 11.5. The molecule has 2 N–H and O–H groups in total. The van der Waals surface area contributed by atoms with Gasteiger partial charge in [-0.1, -0.05) is 6.07 Å². The Morgan fingerprint density at radius 2 is 2.22 bits per heavy atom. The summed E-state index contributed by atoms with van der Waals surface area (Å²) >= 11 is 0. The molecule has 5 heteroatoms. The molecule has 0 heterocycles. The van der Waals surface area contributed by atoms with Crippen molar-refractivity contribution >= 4 is 5.97 Å². The van der Waals surface area contributed by atoms with Crippen molar-refractivity contribution in [3.63, 3.8) is 0 Å². The highest BCUT2D eigenvalue weighted by molar-refractivity contribution is 5.75. The first-order valence-corrected chi connectivity index (χ1v) is 5.62. The molecule has 5 nitrogen and oxygen atoms in total. The largest absolute Gasteiger partial charge is 0.495 e. The molecule has 0 fully saturated rings. The van der Waals surface area contributed by atoms with E-state index in [0.717, 1.165) is 5.56 Å². The van der Waals surface area contributed by atoms with Gasteiger partial charge in [0.15, 0.2) is 0 Å². The fourth-order valence-corrected chi connectivity index (χ4v) is 1.71. The molecule has 1 aromatic rings. The van der Waals surface area contributed by atoms with E-state index >= 15 is 0 Å². The molecular formula is C13H16N2O3. The Balaban J connectivity index is 3.20. The fourth-order valence-electron chi connectivity index (χ4n) is 1.71. The van der Waals surface area contributed by atoms with E-state index in [1.165, 1.54) is 7.11 Å². The number of nitriles is 1. The average molecular weight is 248 g/mol. The third-order valence-electron chi connectivity index (χ3n) is 2.55. The highest BCUT2D eigenvalue weighted by Crippen LogP contribution is 2.25. The van der Waals surface area contributed by atoms with E-state index in [2.05, 4.69) is 0 Å². The van der Waals surface area contributed by atoms with Crippen LogP contribution in [-0.4, -0.2) is 19.7 Å². The summed E-state index contributed by atoms with van der Waals surface area (Å²) in [6.45, 7) is 2.30. The summed E-state index contributed by atoms with van der Waals surface area (Å²) in [6.07, 6.45) is 0.0282. The molecule has 0 saturated carbocycles. The van der Waals surface area contributed by atoms with E-state index < -0.39 is 0 Å². The van der Waals surface area contributed by atoms with Crippen molar-refractivity contribution in [1.29, 1.82) is 5.26 Å². The summed E-state index contributed by atoms with van der Waals surface area (Å²) in [5, 5.41) is 9.17. The maximum Gasteiger partial charge on any atom is 0.310 e. The Hall–Kier alpha value is -2.06. The number of nitrogens with zero attached hydrogens (tertiary/aromatic N) is 1. The second-order valence-corrected chi connectivity index (χ2v) is 3.58. The summed E-state index contributed by atoms with van der Waals surface area (Å²) in [6, 6.07) is 5.48. The van der Waals surface area contributed by atoms with Gasteiger partial charge in [0.05, 0.1) is 25.7 Å². The predicted octanol–water partition coefficient (Wildman–Crippen LogP) is 1.13. The first kappa shape index (κ1) is 14.0. The Labute approximate surface area is 106 Å². The summed E-state index contributed by atoms with van der Waals surface area (Å²) in [4.78, 5) is 11.5. The van der Waals surface area contributed by atoms with Crippen LogP contribution in [0.25, 0.3) is 0 Å². The second kappa shape index (κ2) is 6.62. The molecule has 0 amide bonds. The lowest BCUT2D eigenvalue weighted by Gasteiger charge is -2.12. The standard InChI is InChI=1S/C13H16N2O3/c1-3-18-13(16)6-10-9(7-14)4-5-12(17-2)11(10)8-15/h4-5H,3,6-7,14H2,1-2H3. The van der Waals surface area contributed by atoms with Crippen molar-refractivity contribution in [2.75, 3.05) is 13.7 Å². The lowest BCUT2D eigenvalue weighted by molar-refractivity contribution is -0.142. The van der Waals surface area contributed by atoms with Crippen LogP contribution in [0.4, 0.5) is 0 Å². The summed E-state index contributed by atoms with van der Waals surface area (Å²) in [5.74, 6) is 0.0611. The van der Waals surface area contributed by atoms with Gasteiger partial charge >= 0.3 is 5.97 Å². The smallest absolute Gasteiger partial charge is 0.310 e. The summed E-state index contributed by atoms with van der Waals surface area (Å²) in [7, 11) is 1.48. The number of carbonyl (C=O) groups is 1. The number of benzene rings is 1. The van der Waals surface area contributed by atoms with Crippen LogP contribution in [0.5, 0.6) is 5.75 Å². The van der Waals surface area contributed by atoms with E-state index in [9.17, 15) is 10.1 Å². The Kier molecular flexibility index (Phi) is 5.15. The molecule has 0 aliphatic carbocycles. The number of esters is 1. The number of carbonyl (C=O) groups excluding carboxylic acids is 1. The Morgan fingerprint density at radius 1 is 1.50 bits per heavy atom. The minimum absolute atomic E-state index is 0.0282. The zero-order chi connectivity index (χ0) is 13.5. The van der Waals surface area contributed by atoms with Crippen LogP contribution in [0.15, 0.2) is 12.1 Å². The topological polar surface area (TPSA) is 85.3 Å². The van der Waals surface area contributed by atoms with E-state index in [1.807, 2.05) is 6.07 Å². The molecule has 0 unspecified atom stereocenters. The first-order chi connectivity index (χ1) is 8.67.